The minimum atomic E-state index is -1.40. The summed E-state index contributed by atoms with van der Waals surface area (Å²) < 4.78 is 29.5. The van der Waals surface area contributed by atoms with Gasteiger partial charge in [-0.15, -0.1) is 0 Å². The number of rotatable bonds is 5. The Labute approximate surface area is 240 Å². The first-order chi connectivity index (χ1) is 18.8. The van der Waals surface area contributed by atoms with Crippen LogP contribution in [0.15, 0.2) is 23.3 Å². The number of aliphatic hydroxyl groups is 1. The normalized spacial score (nSPS) is 36.1. The summed E-state index contributed by atoms with van der Waals surface area (Å²) in [5, 5.41) is 11.2. The van der Waals surface area contributed by atoms with Crippen LogP contribution in [0.2, 0.25) is 0 Å². The molecule has 11 heteroatoms. The van der Waals surface area contributed by atoms with E-state index < -0.39 is 89.1 Å². The Morgan fingerprint density at radius 2 is 1.29 bits per heavy atom. The third kappa shape index (κ3) is 5.91. The first-order valence-electron chi connectivity index (χ1n) is 13.8. The average molecular weight is 579 g/mol. The fourth-order valence-corrected chi connectivity index (χ4v) is 7.49. The van der Waals surface area contributed by atoms with Gasteiger partial charge in [0.1, 0.15) is 18.3 Å². The Bertz CT molecular complexity index is 1170. The van der Waals surface area contributed by atoms with E-state index in [1.165, 1.54) is 34.6 Å². The predicted octanol–water partition coefficient (Wildman–Crippen LogP) is 2.96. The van der Waals surface area contributed by atoms with Crippen molar-refractivity contribution >= 4 is 29.8 Å². The minimum Gasteiger partial charge on any atom is -0.462 e. The van der Waals surface area contributed by atoms with E-state index in [9.17, 15) is 29.1 Å². The first-order valence-corrected chi connectivity index (χ1v) is 13.8. The van der Waals surface area contributed by atoms with Crippen LogP contribution in [-0.2, 0) is 47.7 Å². The molecule has 0 unspecified atom stereocenters. The predicted molar refractivity (Wildman–Crippen MR) is 144 cm³/mol. The molecular weight excluding hydrogens is 536 g/mol. The molecule has 0 saturated heterocycles. The highest BCUT2D eigenvalue weighted by molar-refractivity contribution is 5.69. The van der Waals surface area contributed by atoms with Crippen molar-refractivity contribution in [2.75, 3.05) is 0 Å². The molecule has 1 N–H and O–H groups in total. The molecule has 0 radical (unpaired) electrons. The largest absolute Gasteiger partial charge is 0.462 e. The van der Waals surface area contributed by atoms with Gasteiger partial charge in [-0.3, -0.25) is 24.0 Å². The maximum Gasteiger partial charge on any atom is 0.303 e. The molecule has 228 valence electrons. The van der Waals surface area contributed by atoms with E-state index >= 15 is 0 Å². The van der Waals surface area contributed by atoms with E-state index in [1.54, 1.807) is 13.8 Å². The number of hydrogen-bond donors (Lipinski definition) is 1. The number of carbonyl (C=O) groups is 5. The van der Waals surface area contributed by atoms with Crippen molar-refractivity contribution in [2.45, 2.75) is 112 Å². The van der Waals surface area contributed by atoms with Gasteiger partial charge < -0.3 is 28.8 Å². The number of esters is 5. The minimum absolute atomic E-state index is 0.0784. The smallest absolute Gasteiger partial charge is 0.303 e. The molecule has 0 aromatic rings. The van der Waals surface area contributed by atoms with Crippen molar-refractivity contribution in [3.05, 3.63) is 23.3 Å². The van der Waals surface area contributed by atoms with Gasteiger partial charge in [-0.25, -0.2) is 0 Å². The molecule has 2 bridgehead atoms. The van der Waals surface area contributed by atoms with E-state index in [0.29, 0.717) is 11.1 Å². The lowest BCUT2D eigenvalue weighted by Crippen LogP contribution is -2.68. The lowest BCUT2D eigenvalue weighted by Gasteiger charge is -2.61. The van der Waals surface area contributed by atoms with Gasteiger partial charge in [0.05, 0.1) is 11.5 Å². The zero-order chi connectivity index (χ0) is 31.2. The van der Waals surface area contributed by atoms with E-state index in [1.807, 2.05) is 13.8 Å². The molecule has 0 aliphatic heterocycles. The van der Waals surface area contributed by atoms with Crippen LogP contribution in [-0.4, -0.2) is 71.6 Å². The fraction of sp³-hybridized carbons (Fsp3) is 0.700. The van der Waals surface area contributed by atoms with Crippen molar-refractivity contribution in [1.82, 2.24) is 0 Å². The molecule has 2 fully saturated rings. The second-order valence-corrected chi connectivity index (χ2v) is 12.2. The number of ether oxygens (including phenoxy) is 5. The molecule has 3 aliphatic rings. The van der Waals surface area contributed by atoms with Crippen LogP contribution >= 0.6 is 0 Å². The molecule has 0 aromatic heterocycles. The molecule has 11 nitrogen and oxygen atoms in total. The van der Waals surface area contributed by atoms with E-state index in [-0.39, 0.29) is 18.4 Å². The zero-order valence-corrected chi connectivity index (χ0v) is 25.3. The van der Waals surface area contributed by atoms with Gasteiger partial charge in [0.2, 0.25) is 0 Å². The van der Waals surface area contributed by atoms with Crippen LogP contribution < -0.4 is 0 Å². The quantitative estimate of drug-likeness (QED) is 0.291. The Morgan fingerprint density at radius 1 is 0.780 bits per heavy atom. The van der Waals surface area contributed by atoms with E-state index in [2.05, 4.69) is 6.58 Å². The summed E-state index contributed by atoms with van der Waals surface area (Å²) in [4.78, 5) is 62.5. The van der Waals surface area contributed by atoms with E-state index in [4.69, 9.17) is 23.7 Å². The Kier molecular flexibility index (Phi) is 9.13. The molecule has 3 aliphatic carbocycles. The second kappa shape index (κ2) is 11.6. The highest BCUT2D eigenvalue weighted by atomic mass is 16.6. The fourth-order valence-electron chi connectivity index (χ4n) is 7.49. The second-order valence-electron chi connectivity index (χ2n) is 12.2. The van der Waals surface area contributed by atoms with Gasteiger partial charge in [0.25, 0.3) is 0 Å². The van der Waals surface area contributed by atoms with Gasteiger partial charge in [-0.1, -0.05) is 27.4 Å². The van der Waals surface area contributed by atoms with Crippen molar-refractivity contribution in [1.29, 1.82) is 0 Å². The maximum atomic E-state index is 12.7. The molecule has 2 saturated carbocycles. The van der Waals surface area contributed by atoms with Crippen LogP contribution in [0.3, 0.4) is 0 Å². The standard InChI is InChI=1S/C30H42O11/c1-13-21(36)12-23(38-16(4)32)30(10)25(13)26(39-17(5)33)20-11-22(37-15(3)31)14(2)24(29(20,8)9)27(40-18(6)34)28(30)41-19(7)35/h20-23,25-28,36H,1,11-12H2,2-10H3/t20-,21-,22-,23-,25-,26+,27+,28-,30+/m0/s1. The molecule has 0 amide bonds. The van der Waals surface area contributed by atoms with Gasteiger partial charge in [0.15, 0.2) is 12.2 Å². The molecule has 0 heterocycles. The summed E-state index contributed by atoms with van der Waals surface area (Å²) in [6, 6.07) is 0. The van der Waals surface area contributed by atoms with Gasteiger partial charge in [-0.2, -0.15) is 0 Å². The molecule has 41 heavy (non-hydrogen) atoms. The zero-order valence-electron chi connectivity index (χ0n) is 25.3. The first kappa shape index (κ1) is 32.3. The number of carbonyl (C=O) groups excluding carboxylic acids is 5. The molecule has 9 atom stereocenters. The van der Waals surface area contributed by atoms with Crippen LogP contribution in [0.5, 0.6) is 0 Å². The number of aliphatic hydroxyl groups excluding tert-OH is 1. The van der Waals surface area contributed by atoms with E-state index in [0.717, 1.165) is 0 Å². The monoisotopic (exact) mass is 578 g/mol. The summed E-state index contributed by atoms with van der Waals surface area (Å²) >= 11 is 0. The Hall–Kier alpha value is -3.21. The average Bonchev–Trinajstić information content (AvgIpc) is 2.80. The molecule has 3 rings (SSSR count). The van der Waals surface area contributed by atoms with Crippen molar-refractivity contribution in [3.63, 3.8) is 0 Å². The SMILES string of the molecule is C=C1[C@@H](O)C[C@H](OC(C)=O)[C@@]2(C)[C@@H](OC(C)=O)[C@H](OC(C)=O)C3=C(C)[C@@H](OC(C)=O)C[C@@H]([C@@H](OC(C)=O)[C@H]12)C3(C)C. The van der Waals surface area contributed by atoms with Crippen molar-refractivity contribution < 1.29 is 52.8 Å². The molecular formula is C30H42O11. The van der Waals surface area contributed by atoms with Gasteiger partial charge >= 0.3 is 29.8 Å². The summed E-state index contributed by atoms with van der Waals surface area (Å²) in [6.07, 6.45) is -6.33. The number of fused-ring (bicyclic) bond motifs is 3. The number of hydrogen-bond acceptors (Lipinski definition) is 11. The van der Waals surface area contributed by atoms with Crippen molar-refractivity contribution in [2.24, 2.45) is 22.7 Å². The molecule has 0 aromatic carbocycles. The lowest BCUT2D eigenvalue weighted by molar-refractivity contribution is -0.228. The van der Waals surface area contributed by atoms with Gasteiger partial charge in [-0.05, 0) is 35.5 Å². The highest BCUT2D eigenvalue weighted by Crippen LogP contribution is 2.61. The molecule has 0 spiro atoms. The van der Waals surface area contributed by atoms with Crippen LogP contribution in [0.4, 0.5) is 0 Å². The Balaban J connectivity index is 2.52. The lowest BCUT2D eigenvalue weighted by atomic mass is 9.48. The van der Waals surface area contributed by atoms with Crippen LogP contribution in [0, 0.1) is 22.7 Å². The third-order valence-corrected chi connectivity index (χ3v) is 9.03. The van der Waals surface area contributed by atoms with Crippen LogP contribution in [0.25, 0.3) is 0 Å². The third-order valence-electron chi connectivity index (χ3n) is 9.03. The van der Waals surface area contributed by atoms with Gasteiger partial charge in [0, 0.05) is 52.9 Å². The Morgan fingerprint density at radius 3 is 1.78 bits per heavy atom. The summed E-state index contributed by atoms with van der Waals surface area (Å²) in [5.41, 5.74) is -0.845. The van der Waals surface area contributed by atoms with Crippen LogP contribution in [0.1, 0.15) is 75.2 Å². The maximum absolute atomic E-state index is 12.7. The summed E-state index contributed by atoms with van der Waals surface area (Å²) in [7, 11) is 0. The van der Waals surface area contributed by atoms with Crippen molar-refractivity contribution in [3.8, 4) is 0 Å². The topological polar surface area (TPSA) is 152 Å². The highest BCUT2D eigenvalue weighted by Gasteiger charge is 2.67. The summed E-state index contributed by atoms with van der Waals surface area (Å²) in [6.45, 7) is 17.6. The summed E-state index contributed by atoms with van der Waals surface area (Å²) in [5.74, 6) is -4.65.